The molecule has 0 aromatic heterocycles. The Labute approximate surface area is 124 Å². The molecule has 0 aliphatic carbocycles. The van der Waals surface area contributed by atoms with Crippen LogP contribution in [0.2, 0.25) is 0 Å². The van der Waals surface area contributed by atoms with Crippen molar-refractivity contribution >= 4 is 23.5 Å². The monoisotopic (exact) mass is 289 g/mol. The number of carbonyl (C=O) groups excluding carboxylic acids is 1. The van der Waals surface area contributed by atoms with Gasteiger partial charge >= 0.3 is 6.09 Å². The molecule has 1 aromatic carbocycles. The van der Waals surface area contributed by atoms with E-state index in [0.29, 0.717) is 11.8 Å². The van der Waals surface area contributed by atoms with Gasteiger partial charge in [-0.1, -0.05) is 12.8 Å². The summed E-state index contributed by atoms with van der Waals surface area (Å²) in [5, 5.41) is 0.495. The molecule has 0 N–H and O–H groups in total. The minimum Gasteiger partial charge on any atom is -0.444 e. The maximum Gasteiger partial charge on any atom is 0.414 e. The zero-order valence-corrected chi connectivity index (χ0v) is 12.9. The Morgan fingerprint density at radius 3 is 2.75 bits per heavy atom. The summed E-state index contributed by atoms with van der Waals surface area (Å²) in [6, 6.07) is 7.69. The van der Waals surface area contributed by atoms with Crippen LogP contribution in [-0.4, -0.2) is 30.2 Å². The Morgan fingerprint density at radius 2 is 2.15 bits per heavy atom. The minimum atomic E-state index is -0.252. The molecular formula is C16H19NO2S. The fourth-order valence-corrected chi connectivity index (χ4v) is 2.60. The second kappa shape index (κ2) is 6.71. The van der Waals surface area contributed by atoms with E-state index < -0.39 is 0 Å². The number of thioether (sulfide) groups is 1. The summed E-state index contributed by atoms with van der Waals surface area (Å²) >= 11 is 1.79. The molecule has 2 rings (SSSR count). The van der Waals surface area contributed by atoms with Crippen LogP contribution in [0.1, 0.15) is 25.8 Å². The number of rotatable bonds is 4. The summed E-state index contributed by atoms with van der Waals surface area (Å²) in [4.78, 5) is 13.6. The first-order valence-electron chi connectivity index (χ1n) is 6.67. The summed E-state index contributed by atoms with van der Waals surface area (Å²) in [6.07, 6.45) is 2.70. The van der Waals surface area contributed by atoms with Crippen LogP contribution in [0, 0.1) is 11.8 Å². The normalized spacial score (nSPS) is 19.2. The fourth-order valence-electron chi connectivity index (χ4n) is 2.19. The van der Waals surface area contributed by atoms with Gasteiger partial charge < -0.3 is 4.74 Å². The van der Waals surface area contributed by atoms with Crippen LogP contribution in [0.3, 0.4) is 0 Å². The third-order valence-electron chi connectivity index (χ3n) is 3.32. The van der Waals surface area contributed by atoms with Crippen LogP contribution in [-0.2, 0) is 4.74 Å². The van der Waals surface area contributed by atoms with E-state index >= 15 is 0 Å². The Bertz CT molecular complexity index is 530. The van der Waals surface area contributed by atoms with E-state index in [2.05, 4.69) is 25.0 Å². The van der Waals surface area contributed by atoms with Gasteiger partial charge in [-0.15, -0.1) is 5.92 Å². The fraction of sp³-hybridized carbons (Fsp3) is 0.438. The number of amides is 1. The van der Waals surface area contributed by atoms with Crippen molar-refractivity contribution in [1.82, 2.24) is 0 Å². The van der Waals surface area contributed by atoms with E-state index in [0.717, 1.165) is 17.7 Å². The van der Waals surface area contributed by atoms with Gasteiger partial charge in [0.25, 0.3) is 0 Å². The van der Waals surface area contributed by atoms with Crippen molar-refractivity contribution in [3.8, 4) is 11.8 Å². The predicted molar refractivity (Wildman–Crippen MR) is 84.2 cm³/mol. The summed E-state index contributed by atoms with van der Waals surface area (Å²) < 4.78 is 5.42. The molecule has 1 fully saturated rings. The Hall–Kier alpha value is -1.60. The highest BCUT2D eigenvalue weighted by Crippen LogP contribution is 2.25. The summed E-state index contributed by atoms with van der Waals surface area (Å²) in [5.41, 5.74) is 1.83. The number of nitrogens with zero attached hydrogens (tertiary/aromatic N) is 1. The highest BCUT2D eigenvalue weighted by molar-refractivity contribution is 7.99. The number of hydrogen-bond acceptors (Lipinski definition) is 3. The van der Waals surface area contributed by atoms with E-state index in [4.69, 9.17) is 4.74 Å². The topological polar surface area (TPSA) is 29.5 Å². The second-order valence-corrected chi connectivity index (χ2v) is 6.10. The molecule has 20 heavy (non-hydrogen) atoms. The van der Waals surface area contributed by atoms with Crippen LogP contribution in [0.15, 0.2) is 24.3 Å². The van der Waals surface area contributed by atoms with Gasteiger partial charge in [0, 0.05) is 16.5 Å². The van der Waals surface area contributed by atoms with Crippen molar-refractivity contribution in [2.45, 2.75) is 31.6 Å². The van der Waals surface area contributed by atoms with Gasteiger partial charge in [-0.05, 0) is 43.9 Å². The molecule has 1 aromatic rings. The lowest BCUT2D eigenvalue weighted by molar-refractivity contribution is 0.137. The van der Waals surface area contributed by atoms with Gasteiger partial charge in [-0.2, -0.15) is 11.8 Å². The number of benzene rings is 1. The molecule has 2 unspecified atom stereocenters. The Balaban J connectivity index is 2.05. The van der Waals surface area contributed by atoms with Crippen molar-refractivity contribution in [1.29, 1.82) is 0 Å². The molecule has 0 spiro atoms. The number of ether oxygens (including phenoxy) is 1. The zero-order valence-electron chi connectivity index (χ0n) is 12.1. The predicted octanol–water partition coefficient (Wildman–Crippen LogP) is 3.52. The molecule has 0 bridgehead atoms. The van der Waals surface area contributed by atoms with Crippen LogP contribution in [0.5, 0.6) is 0 Å². The first-order valence-corrected chi connectivity index (χ1v) is 7.96. The SMILES string of the molecule is CC#Cc1ccc(N2CC(CC(C)SC)OC2=O)cc1. The maximum atomic E-state index is 11.9. The molecule has 4 heteroatoms. The molecule has 1 saturated heterocycles. The molecule has 1 aliphatic rings. The highest BCUT2D eigenvalue weighted by Gasteiger charge is 2.32. The molecule has 0 saturated carbocycles. The van der Waals surface area contributed by atoms with Crippen LogP contribution < -0.4 is 4.90 Å². The van der Waals surface area contributed by atoms with Gasteiger partial charge in [0.05, 0.1) is 6.54 Å². The van der Waals surface area contributed by atoms with Crippen molar-refractivity contribution in [2.24, 2.45) is 0 Å². The summed E-state index contributed by atoms with van der Waals surface area (Å²) in [5.74, 6) is 5.85. The average molecular weight is 289 g/mol. The molecule has 1 heterocycles. The number of anilines is 1. The average Bonchev–Trinajstić information content (AvgIpc) is 2.80. The van der Waals surface area contributed by atoms with Crippen molar-refractivity contribution in [3.63, 3.8) is 0 Å². The third kappa shape index (κ3) is 3.49. The van der Waals surface area contributed by atoms with E-state index in [1.807, 2.05) is 31.2 Å². The van der Waals surface area contributed by atoms with Gasteiger partial charge in [0.15, 0.2) is 0 Å². The third-order valence-corrected chi connectivity index (χ3v) is 4.32. The number of hydrogen-bond donors (Lipinski definition) is 0. The zero-order chi connectivity index (χ0) is 14.5. The number of cyclic esters (lactones) is 1. The summed E-state index contributed by atoms with van der Waals surface area (Å²) in [7, 11) is 0. The lowest BCUT2D eigenvalue weighted by Gasteiger charge is -2.14. The van der Waals surface area contributed by atoms with E-state index in [1.54, 1.807) is 16.7 Å². The molecule has 3 nitrogen and oxygen atoms in total. The van der Waals surface area contributed by atoms with Crippen molar-refractivity contribution in [2.75, 3.05) is 17.7 Å². The Kier molecular flexibility index (Phi) is 4.97. The first-order chi connectivity index (χ1) is 9.63. The van der Waals surface area contributed by atoms with Crippen molar-refractivity contribution < 1.29 is 9.53 Å². The van der Waals surface area contributed by atoms with E-state index in [1.165, 1.54) is 0 Å². The van der Waals surface area contributed by atoms with Crippen LogP contribution >= 0.6 is 11.8 Å². The largest absolute Gasteiger partial charge is 0.444 e. The van der Waals surface area contributed by atoms with E-state index in [-0.39, 0.29) is 12.2 Å². The molecule has 1 aliphatic heterocycles. The maximum absolute atomic E-state index is 11.9. The molecule has 2 atom stereocenters. The molecular weight excluding hydrogens is 270 g/mol. The number of carbonyl (C=O) groups is 1. The van der Waals surface area contributed by atoms with Crippen LogP contribution in [0.25, 0.3) is 0 Å². The van der Waals surface area contributed by atoms with Gasteiger partial charge in [-0.3, -0.25) is 4.90 Å². The molecule has 0 radical (unpaired) electrons. The first kappa shape index (κ1) is 14.8. The van der Waals surface area contributed by atoms with Gasteiger partial charge in [-0.25, -0.2) is 4.79 Å². The lowest BCUT2D eigenvalue weighted by atomic mass is 10.1. The van der Waals surface area contributed by atoms with Crippen molar-refractivity contribution in [3.05, 3.63) is 29.8 Å². The van der Waals surface area contributed by atoms with Gasteiger partial charge in [0.2, 0.25) is 0 Å². The standard InChI is InChI=1S/C16H19NO2S/c1-4-5-13-6-8-14(9-7-13)17-11-15(19-16(17)18)10-12(2)20-3/h6-9,12,15H,10-11H2,1-3H3. The molecule has 106 valence electrons. The molecule has 1 amide bonds. The smallest absolute Gasteiger partial charge is 0.414 e. The van der Waals surface area contributed by atoms with E-state index in [9.17, 15) is 4.79 Å². The quantitative estimate of drug-likeness (QED) is 0.794. The second-order valence-electron chi connectivity index (χ2n) is 4.82. The summed E-state index contributed by atoms with van der Waals surface area (Å²) in [6.45, 7) is 4.59. The highest BCUT2D eigenvalue weighted by atomic mass is 32.2. The minimum absolute atomic E-state index is 0.0138. The van der Waals surface area contributed by atoms with Gasteiger partial charge in [0.1, 0.15) is 6.10 Å². The van der Waals surface area contributed by atoms with Crippen LogP contribution in [0.4, 0.5) is 10.5 Å². The lowest BCUT2D eigenvalue weighted by Crippen LogP contribution is -2.25. The Morgan fingerprint density at radius 1 is 1.45 bits per heavy atom.